The zero-order chi connectivity index (χ0) is 10.0. The number of ether oxygens (including phenoxy) is 1. The lowest BCUT2D eigenvalue weighted by atomic mass is 10.0. The van der Waals surface area contributed by atoms with Crippen molar-refractivity contribution in [2.24, 2.45) is 5.92 Å². The Balaban J connectivity index is 2.49. The average Bonchev–Trinajstić information content (AvgIpc) is 2.50. The van der Waals surface area contributed by atoms with Gasteiger partial charge in [-0.25, -0.2) is 4.79 Å². The van der Waals surface area contributed by atoms with Gasteiger partial charge in [0.2, 0.25) is 0 Å². The van der Waals surface area contributed by atoms with E-state index in [1.807, 2.05) is 0 Å². The minimum Gasteiger partial charge on any atom is -0.481 e. The molecule has 0 unspecified atom stereocenters. The molecule has 0 aromatic carbocycles. The van der Waals surface area contributed by atoms with Crippen LogP contribution in [0, 0.1) is 5.92 Å². The van der Waals surface area contributed by atoms with E-state index in [1.54, 1.807) is 0 Å². The Labute approximate surface area is 75.3 Å². The summed E-state index contributed by atoms with van der Waals surface area (Å²) >= 11 is 0. The van der Waals surface area contributed by atoms with Gasteiger partial charge in [-0.3, -0.25) is 4.79 Å². The molecule has 2 N–H and O–H groups in total. The molecule has 5 heteroatoms. The molecule has 3 atom stereocenters. The zero-order valence-corrected chi connectivity index (χ0v) is 7.27. The number of carboxylic acid groups (broad SMARTS) is 2. The van der Waals surface area contributed by atoms with Gasteiger partial charge in [0.05, 0.1) is 12.0 Å². The molecule has 1 fully saturated rings. The SMILES string of the molecule is C[C@@H](C(=O)O)[C@@H]1CC[C@H](C(=O)O)O1. The summed E-state index contributed by atoms with van der Waals surface area (Å²) in [4.78, 5) is 21.0. The molecule has 1 aliphatic heterocycles. The molecule has 1 heterocycles. The third-order valence-electron chi connectivity index (χ3n) is 2.28. The van der Waals surface area contributed by atoms with Gasteiger partial charge in [0, 0.05) is 0 Å². The van der Waals surface area contributed by atoms with Gasteiger partial charge in [0.1, 0.15) is 0 Å². The molecule has 0 spiro atoms. The molecule has 0 aromatic rings. The Kier molecular flexibility index (Phi) is 2.87. The first-order valence-electron chi connectivity index (χ1n) is 4.13. The maximum absolute atomic E-state index is 10.5. The summed E-state index contributed by atoms with van der Waals surface area (Å²) in [6.45, 7) is 1.53. The molecule has 5 nitrogen and oxygen atoms in total. The Bertz CT molecular complexity index is 225. The highest BCUT2D eigenvalue weighted by molar-refractivity contribution is 5.73. The first kappa shape index (κ1) is 9.98. The Morgan fingerprint density at radius 3 is 2.38 bits per heavy atom. The number of rotatable bonds is 3. The van der Waals surface area contributed by atoms with Crippen LogP contribution in [0.2, 0.25) is 0 Å². The van der Waals surface area contributed by atoms with Crippen molar-refractivity contribution >= 4 is 11.9 Å². The van der Waals surface area contributed by atoms with Gasteiger partial charge in [-0.05, 0) is 19.8 Å². The highest BCUT2D eigenvalue weighted by Crippen LogP contribution is 2.25. The summed E-state index contributed by atoms with van der Waals surface area (Å²) < 4.78 is 5.07. The van der Waals surface area contributed by atoms with Crippen LogP contribution >= 0.6 is 0 Å². The van der Waals surface area contributed by atoms with Crippen LogP contribution in [0.3, 0.4) is 0 Å². The first-order chi connectivity index (χ1) is 6.02. The van der Waals surface area contributed by atoms with E-state index < -0.39 is 30.1 Å². The number of aliphatic carboxylic acids is 2. The number of hydrogen-bond acceptors (Lipinski definition) is 3. The van der Waals surface area contributed by atoms with Crippen molar-refractivity contribution < 1.29 is 24.5 Å². The Morgan fingerprint density at radius 1 is 1.38 bits per heavy atom. The van der Waals surface area contributed by atoms with E-state index in [0.717, 1.165) is 0 Å². The van der Waals surface area contributed by atoms with Crippen LogP contribution < -0.4 is 0 Å². The zero-order valence-electron chi connectivity index (χ0n) is 7.27. The van der Waals surface area contributed by atoms with Crippen molar-refractivity contribution in [2.45, 2.75) is 32.0 Å². The van der Waals surface area contributed by atoms with E-state index >= 15 is 0 Å². The third-order valence-corrected chi connectivity index (χ3v) is 2.28. The van der Waals surface area contributed by atoms with Gasteiger partial charge in [-0.15, -0.1) is 0 Å². The molecule has 0 amide bonds. The molecule has 0 radical (unpaired) electrons. The minimum atomic E-state index is -1.01. The highest BCUT2D eigenvalue weighted by atomic mass is 16.5. The van der Waals surface area contributed by atoms with Gasteiger partial charge < -0.3 is 14.9 Å². The smallest absolute Gasteiger partial charge is 0.332 e. The molecule has 1 aliphatic rings. The molecule has 0 bridgehead atoms. The van der Waals surface area contributed by atoms with E-state index in [0.29, 0.717) is 12.8 Å². The molecule has 1 saturated heterocycles. The first-order valence-corrected chi connectivity index (χ1v) is 4.13. The second kappa shape index (κ2) is 3.74. The van der Waals surface area contributed by atoms with E-state index in [9.17, 15) is 9.59 Å². The molecule has 0 aliphatic carbocycles. The molecule has 13 heavy (non-hydrogen) atoms. The van der Waals surface area contributed by atoms with Crippen molar-refractivity contribution in [2.75, 3.05) is 0 Å². The van der Waals surface area contributed by atoms with Crippen molar-refractivity contribution in [3.05, 3.63) is 0 Å². The maximum Gasteiger partial charge on any atom is 0.332 e. The normalized spacial score (nSPS) is 29.9. The summed E-state index contributed by atoms with van der Waals surface area (Å²) in [6.07, 6.45) is -0.382. The van der Waals surface area contributed by atoms with Gasteiger partial charge in [-0.2, -0.15) is 0 Å². The Morgan fingerprint density at radius 2 is 2.00 bits per heavy atom. The molecular formula is C8H12O5. The van der Waals surface area contributed by atoms with Gasteiger partial charge >= 0.3 is 11.9 Å². The molecule has 0 saturated carbocycles. The van der Waals surface area contributed by atoms with Gasteiger partial charge in [-0.1, -0.05) is 0 Å². The average molecular weight is 188 g/mol. The van der Waals surface area contributed by atoms with Crippen LogP contribution in [-0.2, 0) is 14.3 Å². The Hall–Kier alpha value is -1.10. The largest absolute Gasteiger partial charge is 0.481 e. The van der Waals surface area contributed by atoms with Gasteiger partial charge in [0.25, 0.3) is 0 Å². The van der Waals surface area contributed by atoms with Crippen molar-refractivity contribution in [1.29, 1.82) is 0 Å². The van der Waals surface area contributed by atoms with Crippen LogP contribution in [0.25, 0.3) is 0 Å². The van der Waals surface area contributed by atoms with E-state index in [2.05, 4.69) is 0 Å². The van der Waals surface area contributed by atoms with Crippen LogP contribution in [0.5, 0.6) is 0 Å². The van der Waals surface area contributed by atoms with Crippen molar-refractivity contribution in [3.8, 4) is 0 Å². The third kappa shape index (κ3) is 2.18. The number of hydrogen-bond donors (Lipinski definition) is 2. The van der Waals surface area contributed by atoms with E-state index in [-0.39, 0.29) is 0 Å². The van der Waals surface area contributed by atoms with E-state index in [4.69, 9.17) is 14.9 Å². The molecule has 1 rings (SSSR count). The maximum atomic E-state index is 10.5. The number of carbonyl (C=O) groups is 2. The van der Waals surface area contributed by atoms with Crippen LogP contribution in [0.4, 0.5) is 0 Å². The highest BCUT2D eigenvalue weighted by Gasteiger charge is 2.35. The molecular weight excluding hydrogens is 176 g/mol. The molecule has 74 valence electrons. The van der Waals surface area contributed by atoms with Crippen LogP contribution in [0.1, 0.15) is 19.8 Å². The fourth-order valence-corrected chi connectivity index (χ4v) is 1.37. The lowest BCUT2D eigenvalue weighted by Gasteiger charge is -2.14. The number of carboxylic acids is 2. The second-order valence-corrected chi connectivity index (χ2v) is 3.21. The summed E-state index contributed by atoms with van der Waals surface area (Å²) in [5.74, 6) is -2.60. The fraction of sp³-hybridized carbons (Fsp3) is 0.750. The van der Waals surface area contributed by atoms with Crippen LogP contribution in [0.15, 0.2) is 0 Å². The summed E-state index contributed by atoms with van der Waals surface area (Å²) in [5, 5.41) is 17.2. The van der Waals surface area contributed by atoms with Gasteiger partial charge in [0.15, 0.2) is 6.10 Å². The summed E-state index contributed by atoms with van der Waals surface area (Å²) in [7, 11) is 0. The molecule has 0 aromatic heterocycles. The summed E-state index contributed by atoms with van der Waals surface area (Å²) in [5.41, 5.74) is 0. The van der Waals surface area contributed by atoms with Crippen molar-refractivity contribution in [1.82, 2.24) is 0 Å². The quantitative estimate of drug-likeness (QED) is 0.667. The fourth-order valence-electron chi connectivity index (χ4n) is 1.37. The lowest BCUT2D eigenvalue weighted by Crippen LogP contribution is -2.28. The monoisotopic (exact) mass is 188 g/mol. The van der Waals surface area contributed by atoms with Crippen molar-refractivity contribution in [3.63, 3.8) is 0 Å². The standard InChI is InChI=1S/C8H12O5/c1-4(7(9)10)5-2-3-6(13-5)8(11)12/h4-6H,2-3H2,1H3,(H,9,10)(H,11,12)/t4-,5+,6-/m1/s1. The lowest BCUT2D eigenvalue weighted by molar-refractivity contribution is -0.155. The second-order valence-electron chi connectivity index (χ2n) is 3.21. The van der Waals surface area contributed by atoms with E-state index in [1.165, 1.54) is 6.92 Å². The summed E-state index contributed by atoms with van der Waals surface area (Å²) in [6, 6.07) is 0. The minimum absolute atomic E-state index is 0.400. The predicted molar refractivity (Wildman–Crippen MR) is 42.3 cm³/mol. The predicted octanol–water partition coefficient (Wildman–Crippen LogP) is 0.339. The topological polar surface area (TPSA) is 83.8 Å². The van der Waals surface area contributed by atoms with Crippen LogP contribution in [-0.4, -0.2) is 34.4 Å².